The van der Waals surface area contributed by atoms with Gasteiger partial charge in [0.05, 0.1) is 0 Å². The third kappa shape index (κ3) is 5.43. The third-order valence-corrected chi connectivity index (χ3v) is 0.450. The van der Waals surface area contributed by atoms with Gasteiger partial charge in [-0.15, -0.1) is 0 Å². The summed E-state index contributed by atoms with van der Waals surface area (Å²) in [5, 5.41) is 0. The van der Waals surface area contributed by atoms with Crippen molar-refractivity contribution in [2.75, 3.05) is 13.2 Å². The molecule has 0 aromatic rings. The van der Waals surface area contributed by atoms with Crippen LogP contribution in [0.15, 0.2) is 0 Å². The monoisotopic (exact) mass is 104 g/mol. The summed E-state index contributed by atoms with van der Waals surface area (Å²) in [4.78, 5) is 9.95. The lowest BCUT2D eigenvalue weighted by Crippen LogP contribution is -2.52. The molecule has 3 heteroatoms. The summed E-state index contributed by atoms with van der Waals surface area (Å²) in [6, 6.07) is 0. The van der Waals surface area contributed by atoms with Gasteiger partial charge in [-0.3, -0.25) is 4.79 Å². The van der Waals surface area contributed by atoms with Gasteiger partial charge in [0.2, 0.25) is 0 Å². The topological polar surface area (TPSA) is 53.9 Å². The van der Waals surface area contributed by atoms with Crippen molar-refractivity contribution in [1.82, 2.24) is 0 Å². The fraction of sp³-hybridized carbons (Fsp3) is 0.750. The van der Waals surface area contributed by atoms with Crippen LogP contribution in [0.5, 0.6) is 0 Å². The van der Waals surface area contributed by atoms with Gasteiger partial charge in [-0.05, 0) is 0 Å². The highest BCUT2D eigenvalue weighted by molar-refractivity contribution is 5.65. The molecule has 0 rings (SSSR count). The molecule has 0 heterocycles. The van der Waals surface area contributed by atoms with Crippen LogP contribution in [0, 0.1) is 0 Å². The average Bonchev–Trinajstić information content (AvgIpc) is 1.61. The molecule has 0 atom stereocenters. The molecular weight excluding hydrogens is 94.0 g/mol. The van der Waals surface area contributed by atoms with E-state index in [1.54, 1.807) is 0 Å². The van der Waals surface area contributed by atoms with Crippen LogP contribution in [0.25, 0.3) is 0 Å². The van der Waals surface area contributed by atoms with Crippen LogP contribution in [-0.4, -0.2) is 19.1 Å². The molecule has 0 amide bonds. The second-order valence-electron chi connectivity index (χ2n) is 1.19. The minimum absolute atomic E-state index is 0.233. The van der Waals surface area contributed by atoms with E-state index >= 15 is 0 Å². The smallest absolute Gasteiger partial charge is 0.302 e. The van der Waals surface area contributed by atoms with Crippen LogP contribution in [-0.2, 0) is 9.53 Å². The van der Waals surface area contributed by atoms with Crippen molar-refractivity contribution in [1.29, 1.82) is 0 Å². The predicted molar refractivity (Wildman–Crippen MR) is 24.4 cm³/mol. The van der Waals surface area contributed by atoms with Gasteiger partial charge in [0.25, 0.3) is 0 Å². The standard InChI is InChI=1S/C4H9NO2/c1-4(6)7-3-2-5/h2-3,5H2,1H3/p+1. The Kier molecular flexibility index (Phi) is 3.32. The molecule has 7 heavy (non-hydrogen) atoms. The maximum absolute atomic E-state index is 9.95. The van der Waals surface area contributed by atoms with Crippen LogP contribution in [0.4, 0.5) is 0 Å². The summed E-state index contributed by atoms with van der Waals surface area (Å²) in [7, 11) is 0. The number of ether oxygens (including phenoxy) is 1. The van der Waals surface area contributed by atoms with E-state index in [-0.39, 0.29) is 5.97 Å². The lowest BCUT2D eigenvalue weighted by Gasteiger charge is -1.92. The second kappa shape index (κ2) is 3.61. The summed E-state index contributed by atoms with van der Waals surface area (Å²) in [6.45, 7) is 2.48. The number of rotatable bonds is 2. The molecule has 3 N–H and O–H groups in total. The molecule has 0 radical (unpaired) electrons. The Morgan fingerprint density at radius 2 is 2.43 bits per heavy atom. The van der Waals surface area contributed by atoms with Crippen molar-refractivity contribution in [2.24, 2.45) is 0 Å². The van der Waals surface area contributed by atoms with E-state index in [0.29, 0.717) is 13.2 Å². The van der Waals surface area contributed by atoms with Crippen molar-refractivity contribution in [3.05, 3.63) is 0 Å². The van der Waals surface area contributed by atoms with Gasteiger partial charge in [-0.25, -0.2) is 0 Å². The van der Waals surface area contributed by atoms with Gasteiger partial charge in [-0.1, -0.05) is 0 Å². The molecule has 0 aliphatic carbocycles. The molecule has 0 aromatic carbocycles. The molecular formula is C4H10NO2+. The quantitative estimate of drug-likeness (QED) is 0.447. The number of hydrogen-bond donors (Lipinski definition) is 1. The summed E-state index contributed by atoms with van der Waals surface area (Å²) in [5.74, 6) is -0.233. The third-order valence-electron chi connectivity index (χ3n) is 0.450. The highest BCUT2D eigenvalue weighted by Gasteiger charge is 1.87. The number of carbonyl (C=O) groups is 1. The summed E-state index contributed by atoms with van der Waals surface area (Å²) in [6.07, 6.45) is 0. The molecule has 0 bridgehead atoms. The fourth-order valence-corrected chi connectivity index (χ4v) is 0.216. The number of hydrogen-bond acceptors (Lipinski definition) is 2. The zero-order valence-corrected chi connectivity index (χ0v) is 4.44. The van der Waals surface area contributed by atoms with Crippen LogP contribution in [0.2, 0.25) is 0 Å². The van der Waals surface area contributed by atoms with Gasteiger partial charge in [-0.2, -0.15) is 0 Å². The summed E-state index contributed by atoms with van der Waals surface area (Å²) < 4.78 is 4.49. The zero-order chi connectivity index (χ0) is 5.70. The number of carbonyl (C=O) groups excluding carboxylic acids is 1. The van der Waals surface area contributed by atoms with Crippen molar-refractivity contribution in [3.8, 4) is 0 Å². The Morgan fingerprint density at radius 3 is 2.57 bits per heavy atom. The lowest BCUT2D eigenvalue weighted by molar-refractivity contribution is -0.372. The van der Waals surface area contributed by atoms with E-state index in [2.05, 4.69) is 10.5 Å². The highest BCUT2D eigenvalue weighted by atomic mass is 16.5. The zero-order valence-electron chi connectivity index (χ0n) is 4.44. The Morgan fingerprint density at radius 1 is 1.86 bits per heavy atom. The highest BCUT2D eigenvalue weighted by Crippen LogP contribution is 1.69. The normalized spacial score (nSPS) is 8.29. The second-order valence-corrected chi connectivity index (χ2v) is 1.19. The molecule has 0 fully saturated rings. The van der Waals surface area contributed by atoms with E-state index in [0.717, 1.165) is 0 Å². The van der Waals surface area contributed by atoms with Crippen molar-refractivity contribution in [3.63, 3.8) is 0 Å². The Bertz CT molecular complexity index is 62.7. The molecule has 3 nitrogen and oxygen atoms in total. The fourth-order valence-electron chi connectivity index (χ4n) is 0.216. The first-order valence-corrected chi connectivity index (χ1v) is 2.20. The van der Waals surface area contributed by atoms with E-state index < -0.39 is 0 Å². The van der Waals surface area contributed by atoms with Gasteiger partial charge in [0.15, 0.2) is 0 Å². The van der Waals surface area contributed by atoms with Crippen molar-refractivity contribution in [2.45, 2.75) is 6.92 Å². The maximum Gasteiger partial charge on any atom is 0.302 e. The molecule has 0 aromatic heterocycles. The average molecular weight is 104 g/mol. The first-order valence-electron chi connectivity index (χ1n) is 2.20. The maximum atomic E-state index is 9.95. The van der Waals surface area contributed by atoms with Crippen molar-refractivity contribution >= 4 is 5.97 Å². The molecule has 0 aliphatic rings. The minimum atomic E-state index is -0.233. The van der Waals surface area contributed by atoms with E-state index in [1.807, 2.05) is 0 Å². The van der Waals surface area contributed by atoms with Crippen LogP contribution in [0.3, 0.4) is 0 Å². The Labute approximate surface area is 42.4 Å². The van der Waals surface area contributed by atoms with Gasteiger partial charge in [0.1, 0.15) is 13.2 Å². The molecule has 0 saturated heterocycles. The molecule has 0 aliphatic heterocycles. The van der Waals surface area contributed by atoms with Crippen LogP contribution >= 0.6 is 0 Å². The Balaban J connectivity index is 2.82. The first-order chi connectivity index (χ1) is 3.27. The van der Waals surface area contributed by atoms with E-state index in [9.17, 15) is 4.79 Å². The first kappa shape index (κ1) is 6.43. The SMILES string of the molecule is CC(=O)OCC[NH3+]. The lowest BCUT2D eigenvalue weighted by atomic mass is 10.7. The van der Waals surface area contributed by atoms with E-state index in [1.165, 1.54) is 6.92 Å². The molecule has 0 unspecified atom stereocenters. The van der Waals surface area contributed by atoms with Crippen LogP contribution < -0.4 is 5.73 Å². The van der Waals surface area contributed by atoms with Crippen molar-refractivity contribution < 1.29 is 15.3 Å². The Hall–Kier alpha value is -0.570. The predicted octanol–water partition coefficient (Wildman–Crippen LogP) is -1.21. The molecule has 0 spiro atoms. The number of esters is 1. The number of quaternary nitrogens is 1. The molecule has 0 saturated carbocycles. The molecule has 42 valence electrons. The van der Waals surface area contributed by atoms with Gasteiger partial charge >= 0.3 is 5.97 Å². The summed E-state index contributed by atoms with van der Waals surface area (Å²) >= 11 is 0. The van der Waals surface area contributed by atoms with Gasteiger partial charge < -0.3 is 10.5 Å². The summed E-state index contributed by atoms with van der Waals surface area (Å²) in [5.41, 5.74) is 3.48. The van der Waals surface area contributed by atoms with Crippen LogP contribution in [0.1, 0.15) is 6.92 Å². The largest absolute Gasteiger partial charge is 0.460 e. The minimum Gasteiger partial charge on any atom is -0.460 e. The van der Waals surface area contributed by atoms with E-state index in [4.69, 9.17) is 0 Å². The van der Waals surface area contributed by atoms with Gasteiger partial charge in [0, 0.05) is 6.92 Å².